The second-order valence-electron chi connectivity index (χ2n) is 6.46. The maximum atomic E-state index is 12.8. The number of rotatable bonds is 6. The highest BCUT2D eigenvalue weighted by Crippen LogP contribution is 2.30. The lowest BCUT2D eigenvalue weighted by Crippen LogP contribution is -2.29. The predicted octanol–water partition coefficient (Wildman–Crippen LogP) is 1.74. The summed E-state index contributed by atoms with van der Waals surface area (Å²) in [4.78, 5) is 61.2. The summed E-state index contributed by atoms with van der Waals surface area (Å²) in [6.45, 7) is 3.08. The first-order valence-electron chi connectivity index (χ1n) is 9.16. The van der Waals surface area contributed by atoms with Crippen molar-refractivity contribution in [2.24, 2.45) is 0 Å². The summed E-state index contributed by atoms with van der Waals surface area (Å²) in [6, 6.07) is 10.2. The highest BCUT2D eigenvalue weighted by molar-refractivity contribution is 6.34. The molecule has 0 atom stereocenters. The van der Waals surface area contributed by atoms with Crippen LogP contribution in [0.1, 0.15) is 44.9 Å². The van der Waals surface area contributed by atoms with Crippen molar-refractivity contribution in [3.8, 4) is 0 Å². The Morgan fingerprint density at radius 2 is 1.63 bits per heavy atom. The van der Waals surface area contributed by atoms with Gasteiger partial charge in [-0.25, -0.2) is 9.69 Å². The Morgan fingerprint density at radius 1 is 0.967 bits per heavy atom. The van der Waals surface area contributed by atoms with Gasteiger partial charge in [0, 0.05) is 19.2 Å². The molecule has 0 fully saturated rings. The molecule has 154 valence electrons. The molecule has 30 heavy (non-hydrogen) atoms. The molecule has 1 aliphatic heterocycles. The van der Waals surface area contributed by atoms with Crippen molar-refractivity contribution in [2.45, 2.75) is 13.8 Å². The molecule has 4 amide bonds. The molecule has 1 heterocycles. The van der Waals surface area contributed by atoms with E-state index in [9.17, 15) is 24.0 Å². The third-order valence-corrected chi connectivity index (χ3v) is 4.28. The van der Waals surface area contributed by atoms with Gasteiger partial charge in [0.2, 0.25) is 5.91 Å². The number of likely N-dealkylation sites (N-methyl/N-ethyl adjacent to an activating group) is 1. The molecular formula is C21H19N3O6. The van der Waals surface area contributed by atoms with Crippen molar-refractivity contribution in [3.05, 3.63) is 59.2 Å². The predicted molar refractivity (Wildman–Crippen MR) is 107 cm³/mol. The van der Waals surface area contributed by atoms with Crippen molar-refractivity contribution in [1.82, 2.24) is 5.32 Å². The highest BCUT2D eigenvalue weighted by Gasteiger charge is 2.37. The Hall–Kier alpha value is -4.01. The molecule has 3 rings (SSSR count). The summed E-state index contributed by atoms with van der Waals surface area (Å²) in [5, 5.41) is 5.10. The van der Waals surface area contributed by atoms with Gasteiger partial charge in [0.1, 0.15) is 0 Å². The molecule has 0 spiro atoms. The van der Waals surface area contributed by atoms with Crippen LogP contribution >= 0.6 is 0 Å². The molecule has 9 nitrogen and oxygen atoms in total. The van der Waals surface area contributed by atoms with Crippen molar-refractivity contribution in [1.29, 1.82) is 0 Å². The fourth-order valence-corrected chi connectivity index (χ4v) is 2.96. The van der Waals surface area contributed by atoms with Gasteiger partial charge >= 0.3 is 5.97 Å². The molecule has 2 N–H and O–H groups in total. The molecule has 0 bridgehead atoms. The largest absolute Gasteiger partial charge is 0.452 e. The van der Waals surface area contributed by atoms with Gasteiger partial charge in [0.05, 0.1) is 22.4 Å². The minimum Gasteiger partial charge on any atom is -0.452 e. The van der Waals surface area contributed by atoms with Gasteiger partial charge in [0.15, 0.2) is 6.61 Å². The molecule has 0 saturated heterocycles. The number of carbonyl (C=O) groups is 5. The van der Waals surface area contributed by atoms with Crippen LogP contribution in [0.4, 0.5) is 11.4 Å². The zero-order valence-corrected chi connectivity index (χ0v) is 16.4. The minimum atomic E-state index is -0.776. The molecule has 0 unspecified atom stereocenters. The number of carbonyl (C=O) groups excluding carboxylic acids is 5. The standard InChI is InChI=1S/C21H19N3O6/c1-3-22-18(26)11-30-21(29)13-4-9-16-17(10-13)20(28)24(19(16)27)15-7-5-14(6-8-15)23-12(2)25/h4-10H,3,11H2,1-2H3,(H,22,26)(H,23,25). The van der Waals surface area contributed by atoms with Crippen LogP contribution in [0, 0.1) is 0 Å². The number of hydrogen-bond acceptors (Lipinski definition) is 6. The van der Waals surface area contributed by atoms with Gasteiger partial charge < -0.3 is 15.4 Å². The quantitative estimate of drug-likeness (QED) is 0.554. The Morgan fingerprint density at radius 3 is 2.27 bits per heavy atom. The average Bonchev–Trinajstić information content (AvgIpc) is 2.96. The summed E-state index contributed by atoms with van der Waals surface area (Å²) in [7, 11) is 0. The van der Waals surface area contributed by atoms with Gasteiger partial charge in [0.25, 0.3) is 17.7 Å². The topological polar surface area (TPSA) is 122 Å². The van der Waals surface area contributed by atoms with Crippen LogP contribution in [0.25, 0.3) is 0 Å². The lowest BCUT2D eigenvalue weighted by molar-refractivity contribution is -0.124. The monoisotopic (exact) mass is 409 g/mol. The molecular weight excluding hydrogens is 390 g/mol. The second-order valence-corrected chi connectivity index (χ2v) is 6.46. The van der Waals surface area contributed by atoms with E-state index >= 15 is 0 Å². The zero-order chi connectivity index (χ0) is 21.8. The summed E-state index contributed by atoms with van der Waals surface area (Å²) < 4.78 is 4.93. The summed E-state index contributed by atoms with van der Waals surface area (Å²) in [5.41, 5.74) is 1.14. The number of ether oxygens (including phenoxy) is 1. The normalized spacial score (nSPS) is 12.4. The lowest BCUT2D eigenvalue weighted by atomic mass is 10.1. The zero-order valence-electron chi connectivity index (χ0n) is 16.4. The van der Waals surface area contributed by atoms with Crippen LogP contribution in [-0.2, 0) is 14.3 Å². The molecule has 1 aliphatic rings. The van der Waals surface area contributed by atoms with Crippen LogP contribution in [0.5, 0.6) is 0 Å². The molecule has 0 saturated carbocycles. The van der Waals surface area contributed by atoms with Gasteiger partial charge in [-0.3, -0.25) is 19.2 Å². The number of esters is 1. The first-order chi connectivity index (χ1) is 14.3. The van der Waals surface area contributed by atoms with E-state index in [2.05, 4.69) is 10.6 Å². The Bertz CT molecular complexity index is 1050. The van der Waals surface area contributed by atoms with E-state index < -0.39 is 30.3 Å². The molecule has 0 aromatic heterocycles. The van der Waals surface area contributed by atoms with Crippen LogP contribution in [-0.4, -0.2) is 42.7 Å². The fourth-order valence-electron chi connectivity index (χ4n) is 2.96. The number of anilines is 2. The Balaban J connectivity index is 1.79. The smallest absolute Gasteiger partial charge is 0.338 e. The van der Waals surface area contributed by atoms with Crippen molar-refractivity contribution >= 4 is 41.0 Å². The first-order valence-corrected chi connectivity index (χ1v) is 9.16. The Labute approximate surface area is 172 Å². The number of nitrogens with one attached hydrogen (secondary N) is 2. The third kappa shape index (κ3) is 4.19. The van der Waals surface area contributed by atoms with E-state index in [1.165, 1.54) is 37.3 Å². The maximum absolute atomic E-state index is 12.8. The average molecular weight is 409 g/mol. The maximum Gasteiger partial charge on any atom is 0.338 e. The molecule has 9 heteroatoms. The van der Waals surface area contributed by atoms with Crippen molar-refractivity contribution in [3.63, 3.8) is 0 Å². The summed E-state index contributed by atoms with van der Waals surface area (Å²) in [5.74, 6) is -2.56. The van der Waals surface area contributed by atoms with Crippen molar-refractivity contribution in [2.75, 3.05) is 23.4 Å². The van der Waals surface area contributed by atoms with E-state index in [1.54, 1.807) is 19.1 Å². The van der Waals surface area contributed by atoms with Crippen LogP contribution < -0.4 is 15.5 Å². The molecule has 0 radical (unpaired) electrons. The van der Waals surface area contributed by atoms with Gasteiger partial charge in [-0.1, -0.05) is 0 Å². The minimum absolute atomic E-state index is 0.0575. The van der Waals surface area contributed by atoms with E-state index in [0.29, 0.717) is 17.9 Å². The number of amides is 4. The summed E-state index contributed by atoms with van der Waals surface area (Å²) >= 11 is 0. The third-order valence-electron chi connectivity index (χ3n) is 4.28. The summed E-state index contributed by atoms with van der Waals surface area (Å²) in [6.07, 6.45) is 0. The molecule has 2 aromatic rings. The first kappa shape index (κ1) is 20.7. The van der Waals surface area contributed by atoms with Crippen molar-refractivity contribution < 1.29 is 28.7 Å². The van der Waals surface area contributed by atoms with E-state index in [1.807, 2.05) is 0 Å². The van der Waals surface area contributed by atoms with Crippen LogP contribution in [0.3, 0.4) is 0 Å². The number of fused-ring (bicyclic) bond motifs is 1. The second kappa shape index (κ2) is 8.56. The lowest BCUT2D eigenvalue weighted by Gasteiger charge is -2.14. The number of benzene rings is 2. The van der Waals surface area contributed by atoms with E-state index in [0.717, 1.165) is 4.90 Å². The van der Waals surface area contributed by atoms with Gasteiger partial charge in [-0.2, -0.15) is 0 Å². The number of imide groups is 1. The SMILES string of the molecule is CCNC(=O)COC(=O)c1ccc2c(c1)C(=O)N(c1ccc(NC(C)=O)cc1)C2=O. The highest BCUT2D eigenvalue weighted by atomic mass is 16.5. The van der Waals surface area contributed by atoms with Crippen LogP contribution in [0.2, 0.25) is 0 Å². The molecule has 0 aliphatic carbocycles. The van der Waals surface area contributed by atoms with Gasteiger partial charge in [-0.05, 0) is 49.4 Å². The molecule has 2 aromatic carbocycles. The number of nitrogens with zero attached hydrogens (tertiary/aromatic N) is 1. The van der Waals surface area contributed by atoms with E-state index in [4.69, 9.17) is 4.74 Å². The van der Waals surface area contributed by atoms with Gasteiger partial charge in [-0.15, -0.1) is 0 Å². The fraction of sp³-hybridized carbons (Fsp3) is 0.190. The number of hydrogen-bond donors (Lipinski definition) is 2. The Kier molecular flexibility index (Phi) is 5.91. The van der Waals surface area contributed by atoms with E-state index in [-0.39, 0.29) is 22.6 Å². The van der Waals surface area contributed by atoms with Crippen LogP contribution in [0.15, 0.2) is 42.5 Å².